The minimum atomic E-state index is -0.473. The van der Waals surface area contributed by atoms with Gasteiger partial charge in [-0.15, -0.1) is 0 Å². The predicted molar refractivity (Wildman–Crippen MR) is 88.1 cm³/mol. The number of carbonyl (C=O) groups is 1. The summed E-state index contributed by atoms with van der Waals surface area (Å²) < 4.78 is 6.61. The van der Waals surface area contributed by atoms with Crippen LogP contribution in [-0.2, 0) is 4.74 Å². The molecule has 4 nitrogen and oxygen atoms in total. The summed E-state index contributed by atoms with van der Waals surface area (Å²) in [4.78, 5) is 16.7. The summed E-state index contributed by atoms with van der Waals surface area (Å²) >= 11 is 3.53. The predicted octanol–water partition coefficient (Wildman–Crippen LogP) is 4.17. The third-order valence-electron chi connectivity index (χ3n) is 3.92. The summed E-state index contributed by atoms with van der Waals surface area (Å²) in [5, 5.41) is 0. The third kappa shape index (κ3) is 2.89. The van der Waals surface area contributed by atoms with E-state index in [1.54, 1.807) is 4.90 Å². The van der Waals surface area contributed by atoms with Gasteiger partial charge in [0.05, 0.1) is 11.4 Å². The maximum atomic E-state index is 12.5. The maximum Gasteiger partial charge on any atom is 0.414 e. The van der Waals surface area contributed by atoms with E-state index < -0.39 is 5.60 Å². The Labute approximate surface area is 134 Å². The van der Waals surface area contributed by atoms with E-state index >= 15 is 0 Å². The molecule has 0 aromatic heterocycles. The van der Waals surface area contributed by atoms with E-state index in [4.69, 9.17) is 4.74 Å². The van der Waals surface area contributed by atoms with Gasteiger partial charge in [-0.1, -0.05) is 15.9 Å². The van der Waals surface area contributed by atoms with Crippen molar-refractivity contribution in [2.45, 2.75) is 45.3 Å². The van der Waals surface area contributed by atoms with E-state index in [0.717, 1.165) is 28.8 Å². The van der Waals surface area contributed by atoms with Gasteiger partial charge >= 0.3 is 6.09 Å². The Morgan fingerprint density at radius 2 is 2.10 bits per heavy atom. The number of amides is 1. The molecule has 1 aromatic carbocycles. The number of rotatable bonds is 0. The number of hydrogen-bond acceptors (Lipinski definition) is 3. The van der Waals surface area contributed by atoms with Crippen molar-refractivity contribution in [3.8, 4) is 0 Å². The molecule has 1 amide bonds. The second-order valence-electron chi connectivity index (χ2n) is 6.71. The molecule has 1 saturated heterocycles. The van der Waals surface area contributed by atoms with Gasteiger partial charge in [0.15, 0.2) is 0 Å². The Kier molecular flexibility index (Phi) is 3.64. The van der Waals surface area contributed by atoms with Crippen molar-refractivity contribution >= 4 is 33.4 Å². The summed E-state index contributed by atoms with van der Waals surface area (Å²) in [5.41, 5.74) is 1.61. The molecule has 3 rings (SSSR count). The monoisotopic (exact) mass is 352 g/mol. The lowest BCUT2D eigenvalue weighted by molar-refractivity contribution is 0.0576. The zero-order valence-electron chi connectivity index (χ0n) is 12.7. The number of halogens is 1. The first-order valence-electron chi connectivity index (χ1n) is 7.42. The van der Waals surface area contributed by atoms with Crippen LogP contribution in [0.5, 0.6) is 0 Å². The molecule has 114 valence electrons. The Morgan fingerprint density at radius 3 is 2.81 bits per heavy atom. The highest BCUT2D eigenvalue weighted by Gasteiger charge is 2.37. The highest BCUT2D eigenvalue weighted by atomic mass is 79.9. The van der Waals surface area contributed by atoms with Crippen LogP contribution in [0.15, 0.2) is 22.7 Å². The van der Waals surface area contributed by atoms with Gasteiger partial charge < -0.3 is 9.64 Å². The molecule has 2 aliphatic heterocycles. The highest BCUT2D eigenvalue weighted by Crippen LogP contribution is 2.41. The Hall–Kier alpha value is -1.23. The summed E-state index contributed by atoms with van der Waals surface area (Å²) in [6.45, 7) is 7.48. The molecule has 0 N–H and O–H groups in total. The van der Waals surface area contributed by atoms with Crippen LogP contribution >= 0.6 is 15.9 Å². The molecule has 1 aromatic rings. The topological polar surface area (TPSA) is 32.8 Å². The van der Waals surface area contributed by atoms with Crippen molar-refractivity contribution in [3.05, 3.63) is 22.7 Å². The first-order chi connectivity index (χ1) is 9.85. The van der Waals surface area contributed by atoms with Crippen LogP contribution in [0.2, 0.25) is 0 Å². The third-order valence-corrected chi connectivity index (χ3v) is 4.42. The van der Waals surface area contributed by atoms with Gasteiger partial charge in [-0.2, -0.15) is 0 Å². The van der Waals surface area contributed by atoms with Gasteiger partial charge in [0, 0.05) is 23.6 Å². The SMILES string of the molecule is CC(C)(C)OC(=O)N1CC2CCCN2c2cc(Br)ccc21. The Bertz CT molecular complexity index is 568. The van der Waals surface area contributed by atoms with E-state index in [2.05, 4.69) is 26.9 Å². The zero-order chi connectivity index (χ0) is 15.2. The molecular weight excluding hydrogens is 332 g/mol. The summed E-state index contributed by atoms with van der Waals surface area (Å²) in [6.07, 6.45) is 2.06. The van der Waals surface area contributed by atoms with Crippen LogP contribution < -0.4 is 9.80 Å². The van der Waals surface area contributed by atoms with Crippen molar-refractivity contribution in [3.63, 3.8) is 0 Å². The lowest BCUT2D eigenvalue weighted by Crippen LogP contribution is -2.49. The zero-order valence-corrected chi connectivity index (χ0v) is 14.3. The second kappa shape index (κ2) is 5.20. The fourth-order valence-corrected chi connectivity index (χ4v) is 3.45. The fourth-order valence-electron chi connectivity index (χ4n) is 3.10. The molecule has 0 aliphatic carbocycles. The van der Waals surface area contributed by atoms with E-state index in [1.165, 1.54) is 6.42 Å². The van der Waals surface area contributed by atoms with Crippen molar-refractivity contribution < 1.29 is 9.53 Å². The molecule has 1 unspecified atom stereocenters. The van der Waals surface area contributed by atoms with Gasteiger partial charge in [-0.3, -0.25) is 4.90 Å². The average molecular weight is 353 g/mol. The Morgan fingerprint density at radius 1 is 1.33 bits per heavy atom. The number of anilines is 2. The van der Waals surface area contributed by atoms with Crippen LogP contribution in [0, 0.1) is 0 Å². The summed E-state index contributed by atoms with van der Waals surface area (Å²) in [7, 11) is 0. The van der Waals surface area contributed by atoms with Gasteiger partial charge in [0.2, 0.25) is 0 Å². The lowest BCUT2D eigenvalue weighted by Gasteiger charge is -2.40. The number of benzene rings is 1. The maximum absolute atomic E-state index is 12.5. The van der Waals surface area contributed by atoms with E-state index in [0.29, 0.717) is 12.6 Å². The van der Waals surface area contributed by atoms with E-state index in [-0.39, 0.29) is 6.09 Å². The van der Waals surface area contributed by atoms with E-state index in [1.807, 2.05) is 32.9 Å². The smallest absolute Gasteiger partial charge is 0.414 e. The van der Waals surface area contributed by atoms with Crippen LogP contribution in [0.25, 0.3) is 0 Å². The van der Waals surface area contributed by atoms with Crippen LogP contribution in [0.1, 0.15) is 33.6 Å². The van der Waals surface area contributed by atoms with Gasteiger partial charge in [0.1, 0.15) is 5.60 Å². The quantitative estimate of drug-likeness (QED) is 0.702. The van der Waals surface area contributed by atoms with Crippen molar-refractivity contribution in [2.75, 3.05) is 22.9 Å². The lowest BCUT2D eigenvalue weighted by atomic mass is 10.1. The van der Waals surface area contributed by atoms with Crippen LogP contribution in [-0.4, -0.2) is 30.8 Å². The summed E-state index contributed by atoms with van der Waals surface area (Å²) in [6, 6.07) is 6.48. The number of carbonyl (C=O) groups excluding carboxylic acids is 1. The molecule has 0 bridgehead atoms. The van der Waals surface area contributed by atoms with Crippen molar-refractivity contribution in [1.82, 2.24) is 0 Å². The first kappa shape index (κ1) is 14.7. The number of ether oxygens (including phenoxy) is 1. The second-order valence-corrected chi connectivity index (χ2v) is 7.63. The standard InChI is InChI=1S/C16H21BrN2O2/c1-16(2,3)21-15(20)19-10-12-5-4-8-18(12)14-9-11(17)6-7-13(14)19/h6-7,9,12H,4-5,8,10H2,1-3H3. The molecule has 1 atom stereocenters. The minimum Gasteiger partial charge on any atom is -0.443 e. The van der Waals surface area contributed by atoms with Crippen molar-refractivity contribution in [2.24, 2.45) is 0 Å². The van der Waals surface area contributed by atoms with Gasteiger partial charge in [-0.25, -0.2) is 4.79 Å². The molecule has 21 heavy (non-hydrogen) atoms. The average Bonchev–Trinajstić information content (AvgIpc) is 2.83. The van der Waals surface area contributed by atoms with E-state index in [9.17, 15) is 4.79 Å². The normalized spacial score (nSPS) is 21.0. The fraction of sp³-hybridized carbons (Fsp3) is 0.562. The number of nitrogens with zero attached hydrogens (tertiary/aromatic N) is 2. The van der Waals surface area contributed by atoms with Gasteiger partial charge in [-0.05, 0) is 51.8 Å². The minimum absolute atomic E-state index is 0.252. The van der Waals surface area contributed by atoms with Crippen molar-refractivity contribution in [1.29, 1.82) is 0 Å². The largest absolute Gasteiger partial charge is 0.443 e. The first-order valence-corrected chi connectivity index (χ1v) is 8.21. The molecule has 5 heteroatoms. The molecule has 0 spiro atoms. The molecule has 2 heterocycles. The van der Waals surface area contributed by atoms with Gasteiger partial charge in [0.25, 0.3) is 0 Å². The Balaban J connectivity index is 1.96. The molecule has 1 fully saturated rings. The highest BCUT2D eigenvalue weighted by molar-refractivity contribution is 9.10. The molecule has 0 saturated carbocycles. The molecule has 2 aliphatic rings. The molecular formula is C16H21BrN2O2. The summed E-state index contributed by atoms with van der Waals surface area (Å²) in [5.74, 6) is 0. The van der Waals surface area contributed by atoms with Crippen LogP contribution in [0.4, 0.5) is 16.2 Å². The number of fused-ring (bicyclic) bond motifs is 3. The molecule has 0 radical (unpaired) electrons. The van der Waals surface area contributed by atoms with Crippen LogP contribution in [0.3, 0.4) is 0 Å². The number of hydrogen-bond donors (Lipinski definition) is 0.